The summed E-state index contributed by atoms with van der Waals surface area (Å²) in [6.45, 7) is 6.49. The topological polar surface area (TPSA) is 73.9 Å². The second-order valence-corrected chi connectivity index (χ2v) is 7.49. The molecule has 0 bridgehead atoms. The number of piperazine rings is 1. The van der Waals surface area contributed by atoms with Crippen LogP contribution < -0.4 is 15.5 Å². The molecular formula is C21H30IN7. The maximum absolute atomic E-state index is 6.28. The van der Waals surface area contributed by atoms with Crippen LogP contribution in [0.1, 0.15) is 12.8 Å². The summed E-state index contributed by atoms with van der Waals surface area (Å²) in [5, 5.41) is 0. The van der Waals surface area contributed by atoms with Gasteiger partial charge < -0.3 is 20.4 Å². The number of hydrogen-bond donors (Lipinski definition) is 1. The Morgan fingerprint density at radius 1 is 0.897 bits per heavy atom. The van der Waals surface area contributed by atoms with Crippen LogP contribution in [0.15, 0.2) is 53.8 Å². The smallest absolute Gasteiger partial charge is 0.225 e. The van der Waals surface area contributed by atoms with Crippen molar-refractivity contribution in [2.75, 3.05) is 55.6 Å². The molecule has 3 heterocycles. The third kappa shape index (κ3) is 5.71. The third-order valence-corrected chi connectivity index (χ3v) is 5.69. The first-order valence-corrected chi connectivity index (χ1v) is 10.2. The summed E-state index contributed by atoms with van der Waals surface area (Å²) in [6, 6.07) is 12.5. The van der Waals surface area contributed by atoms with Gasteiger partial charge in [-0.25, -0.2) is 9.97 Å². The molecule has 2 saturated heterocycles. The molecule has 156 valence electrons. The van der Waals surface area contributed by atoms with Crippen molar-refractivity contribution in [1.82, 2.24) is 14.9 Å². The number of benzene rings is 1. The van der Waals surface area contributed by atoms with E-state index in [-0.39, 0.29) is 24.0 Å². The summed E-state index contributed by atoms with van der Waals surface area (Å²) in [6.07, 6.45) is 5.91. The number of nitrogens with two attached hydrogens (primary N) is 1. The van der Waals surface area contributed by atoms with Gasteiger partial charge in [-0.2, -0.15) is 0 Å². The summed E-state index contributed by atoms with van der Waals surface area (Å²) in [7, 11) is 0. The van der Waals surface area contributed by atoms with E-state index in [9.17, 15) is 0 Å². The van der Waals surface area contributed by atoms with Crippen LogP contribution in [0.2, 0.25) is 0 Å². The van der Waals surface area contributed by atoms with Crippen molar-refractivity contribution in [2.45, 2.75) is 12.8 Å². The van der Waals surface area contributed by atoms with Gasteiger partial charge >= 0.3 is 0 Å². The third-order valence-electron chi connectivity index (χ3n) is 5.69. The molecule has 2 N–H and O–H groups in total. The molecule has 29 heavy (non-hydrogen) atoms. The van der Waals surface area contributed by atoms with E-state index in [0.717, 1.165) is 51.8 Å². The number of para-hydroxylation sites is 1. The summed E-state index contributed by atoms with van der Waals surface area (Å²) in [4.78, 5) is 20.2. The SMILES string of the molecule is I.NC(=NCC1CCN(c2ccccc2)CC1)N1CCN(c2ncccn2)CC1. The highest BCUT2D eigenvalue weighted by Crippen LogP contribution is 2.23. The van der Waals surface area contributed by atoms with Crippen LogP contribution in [0, 0.1) is 5.92 Å². The highest BCUT2D eigenvalue weighted by atomic mass is 127. The van der Waals surface area contributed by atoms with Crippen LogP contribution in [0.3, 0.4) is 0 Å². The zero-order valence-corrected chi connectivity index (χ0v) is 19.1. The Labute approximate surface area is 190 Å². The predicted octanol–water partition coefficient (Wildman–Crippen LogP) is 2.45. The molecule has 2 aromatic rings. The predicted molar refractivity (Wildman–Crippen MR) is 129 cm³/mol. The fourth-order valence-corrected chi connectivity index (χ4v) is 3.93. The van der Waals surface area contributed by atoms with E-state index in [1.807, 2.05) is 6.07 Å². The standard InChI is InChI=1S/C21H29N7.HI/c22-20(27-13-15-28(16-14-27)21-23-9-4-10-24-21)25-17-18-7-11-26(12-8-18)19-5-2-1-3-6-19;/h1-6,9-10,18H,7-8,11-17H2,(H2,22,25);1H. The van der Waals surface area contributed by atoms with E-state index in [1.54, 1.807) is 12.4 Å². The van der Waals surface area contributed by atoms with Crippen LogP contribution in [0.4, 0.5) is 11.6 Å². The van der Waals surface area contributed by atoms with Crippen molar-refractivity contribution >= 4 is 41.6 Å². The molecule has 7 nitrogen and oxygen atoms in total. The van der Waals surface area contributed by atoms with Crippen molar-refractivity contribution in [1.29, 1.82) is 0 Å². The molecule has 4 rings (SSSR count). The lowest BCUT2D eigenvalue weighted by Gasteiger charge is -2.36. The van der Waals surface area contributed by atoms with Crippen LogP contribution in [0.5, 0.6) is 0 Å². The number of aromatic nitrogens is 2. The molecule has 0 saturated carbocycles. The number of guanidine groups is 1. The Balaban J connectivity index is 0.00000240. The maximum atomic E-state index is 6.28. The quantitative estimate of drug-likeness (QED) is 0.390. The van der Waals surface area contributed by atoms with Gasteiger partial charge in [0.2, 0.25) is 5.95 Å². The van der Waals surface area contributed by atoms with Gasteiger partial charge in [-0.15, -0.1) is 24.0 Å². The number of aliphatic imine (C=N–C) groups is 1. The molecule has 2 aliphatic heterocycles. The minimum absolute atomic E-state index is 0. The van der Waals surface area contributed by atoms with Gasteiger partial charge in [0.25, 0.3) is 0 Å². The maximum Gasteiger partial charge on any atom is 0.225 e. The van der Waals surface area contributed by atoms with Gasteiger partial charge in [-0.3, -0.25) is 4.99 Å². The fourth-order valence-electron chi connectivity index (χ4n) is 3.93. The lowest BCUT2D eigenvalue weighted by Crippen LogP contribution is -2.51. The second kappa shape index (κ2) is 10.6. The molecule has 1 aromatic carbocycles. The molecule has 8 heteroatoms. The van der Waals surface area contributed by atoms with Crippen molar-refractivity contribution in [3.63, 3.8) is 0 Å². The van der Waals surface area contributed by atoms with Crippen LogP contribution in [0.25, 0.3) is 0 Å². The number of anilines is 2. The monoisotopic (exact) mass is 507 g/mol. The Kier molecular flexibility index (Phi) is 7.91. The minimum Gasteiger partial charge on any atom is -0.372 e. The molecule has 0 unspecified atom stereocenters. The minimum atomic E-state index is 0. The van der Waals surface area contributed by atoms with Gasteiger partial charge in [-0.1, -0.05) is 18.2 Å². The van der Waals surface area contributed by atoms with Crippen molar-refractivity contribution < 1.29 is 0 Å². The normalized spacial score (nSPS) is 18.5. The van der Waals surface area contributed by atoms with Gasteiger partial charge in [0.15, 0.2) is 5.96 Å². The molecule has 0 aliphatic carbocycles. The second-order valence-electron chi connectivity index (χ2n) is 7.49. The molecule has 0 atom stereocenters. The number of rotatable bonds is 4. The number of nitrogens with zero attached hydrogens (tertiary/aromatic N) is 6. The Morgan fingerprint density at radius 3 is 2.21 bits per heavy atom. The Hall–Kier alpha value is -2.10. The molecule has 1 aromatic heterocycles. The van der Waals surface area contributed by atoms with Gasteiger partial charge in [-0.05, 0) is 37.0 Å². The Morgan fingerprint density at radius 2 is 1.55 bits per heavy atom. The molecular weight excluding hydrogens is 477 g/mol. The first-order chi connectivity index (χ1) is 13.8. The van der Waals surface area contributed by atoms with Crippen LogP contribution in [-0.4, -0.2) is 66.6 Å². The first-order valence-electron chi connectivity index (χ1n) is 10.2. The number of piperidine rings is 1. The van der Waals surface area contributed by atoms with E-state index in [1.165, 1.54) is 18.5 Å². The number of halogens is 1. The van der Waals surface area contributed by atoms with E-state index < -0.39 is 0 Å². The summed E-state index contributed by atoms with van der Waals surface area (Å²) >= 11 is 0. The van der Waals surface area contributed by atoms with Crippen molar-refractivity contribution in [2.24, 2.45) is 16.6 Å². The molecule has 0 spiro atoms. The molecule has 0 amide bonds. The van der Waals surface area contributed by atoms with Crippen molar-refractivity contribution in [3.05, 3.63) is 48.8 Å². The van der Waals surface area contributed by atoms with Crippen LogP contribution >= 0.6 is 24.0 Å². The van der Waals surface area contributed by atoms with E-state index >= 15 is 0 Å². The molecule has 0 radical (unpaired) electrons. The zero-order chi connectivity index (χ0) is 19.2. The highest BCUT2D eigenvalue weighted by molar-refractivity contribution is 14.0. The average molecular weight is 507 g/mol. The largest absolute Gasteiger partial charge is 0.372 e. The lowest BCUT2D eigenvalue weighted by molar-refractivity contribution is 0.372. The molecule has 2 fully saturated rings. The molecule has 2 aliphatic rings. The van der Waals surface area contributed by atoms with Crippen molar-refractivity contribution in [3.8, 4) is 0 Å². The summed E-state index contributed by atoms with van der Waals surface area (Å²) < 4.78 is 0. The van der Waals surface area contributed by atoms with Gasteiger partial charge in [0.1, 0.15) is 0 Å². The van der Waals surface area contributed by atoms with E-state index in [2.05, 4.69) is 55.0 Å². The zero-order valence-electron chi connectivity index (χ0n) is 16.7. The van der Waals surface area contributed by atoms with E-state index in [0.29, 0.717) is 11.9 Å². The summed E-state index contributed by atoms with van der Waals surface area (Å²) in [5.41, 5.74) is 7.61. The van der Waals surface area contributed by atoms with E-state index in [4.69, 9.17) is 10.7 Å². The van der Waals surface area contributed by atoms with Gasteiger partial charge in [0.05, 0.1) is 0 Å². The Bertz CT molecular complexity index is 755. The van der Waals surface area contributed by atoms with Gasteiger partial charge in [0, 0.05) is 63.9 Å². The first kappa shape index (κ1) is 21.6. The van der Waals surface area contributed by atoms with Crippen LogP contribution in [-0.2, 0) is 0 Å². The highest BCUT2D eigenvalue weighted by Gasteiger charge is 2.22. The average Bonchev–Trinajstić information content (AvgIpc) is 2.79. The summed E-state index contributed by atoms with van der Waals surface area (Å²) in [5.74, 6) is 2.10. The number of hydrogen-bond acceptors (Lipinski definition) is 5. The fraction of sp³-hybridized carbons (Fsp3) is 0.476. The lowest BCUT2D eigenvalue weighted by atomic mass is 9.96.